The number of amides is 1. The fourth-order valence-electron chi connectivity index (χ4n) is 3.69. The predicted octanol–water partition coefficient (Wildman–Crippen LogP) is 2.32. The molecular formula is C17H24N2O. The van der Waals surface area contributed by atoms with Crippen LogP contribution in [0.1, 0.15) is 49.7 Å². The van der Waals surface area contributed by atoms with E-state index >= 15 is 0 Å². The van der Waals surface area contributed by atoms with Crippen LogP contribution in [-0.2, 0) is 17.6 Å². The van der Waals surface area contributed by atoms with Crippen molar-refractivity contribution in [3.05, 3.63) is 35.4 Å². The third-order valence-corrected chi connectivity index (χ3v) is 4.78. The molecule has 1 aromatic carbocycles. The van der Waals surface area contributed by atoms with E-state index in [4.69, 9.17) is 5.73 Å². The molecule has 0 heterocycles. The number of carbonyl (C=O) groups excluding carboxylic acids is 1. The Morgan fingerprint density at radius 2 is 1.75 bits per heavy atom. The summed E-state index contributed by atoms with van der Waals surface area (Å²) in [6, 6.07) is 8.71. The third kappa shape index (κ3) is 3.04. The minimum absolute atomic E-state index is 0.132. The van der Waals surface area contributed by atoms with Gasteiger partial charge in [0.25, 0.3) is 0 Å². The van der Waals surface area contributed by atoms with Crippen molar-refractivity contribution in [1.29, 1.82) is 0 Å². The first-order valence-electron chi connectivity index (χ1n) is 7.80. The molecule has 0 radical (unpaired) electrons. The monoisotopic (exact) mass is 272 g/mol. The first kappa shape index (κ1) is 13.6. The van der Waals surface area contributed by atoms with Crippen LogP contribution in [-0.4, -0.2) is 17.5 Å². The van der Waals surface area contributed by atoms with Crippen molar-refractivity contribution in [2.75, 3.05) is 0 Å². The molecule has 2 aliphatic rings. The van der Waals surface area contributed by atoms with Gasteiger partial charge in [-0.25, -0.2) is 0 Å². The van der Waals surface area contributed by atoms with Crippen molar-refractivity contribution < 1.29 is 4.79 Å². The average Bonchev–Trinajstić information content (AvgIpc) is 2.80. The smallest absolute Gasteiger partial charge is 0.222 e. The van der Waals surface area contributed by atoms with Gasteiger partial charge in [0, 0.05) is 18.0 Å². The number of nitrogens with one attached hydrogen (secondary N) is 1. The zero-order chi connectivity index (χ0) is 14.0. The standard InChI is InChI=1S/C17H24N2O/c18-17(8-4-1-5-9-17)12-16(20)19-15-10-13-6-2-3-7-14(13)11-15/h2-3,6-7,15H,1,4-5,8-12,18H2,(H,19,20). The van der Waals surface area contributed by atoms with Crippen molar-refractivity contribution in [1.82, 2.24) is 5.32 Å². The van der Waals surface area contributed by atoms with Gasteiger partial charge in [-0.05, 0) is 36.8 Å². The summed E-state index contributed by atoms with van der Waals surface area (Å²) in [6.07, 6.45) is 7.98. The number of rotatable bonds is 3. The summed E-state index contributed by atoms with van der Waals surface area (Å²) in [5, 5.41) is 3.18. The van der Waals surface area contributed by atoms with E-state index in [1.165, 1.54) is 30.4 Å². The van der Waals surface area contributed by atoms with Crippen molar-refractivity contribution in [3.63, 3.8) is 0 Å². The lowest BCUT2D eigenvalue weighted by atomic mass is 9.80. The Kier molecular flexibility index (Phi) is 3.79. The molecule has 3 N–H and O–H groups in total. The summed E-state index contributed by atoms with van der Waals surface area (Å²) in [7, 11) is 0. The molecule has 3 rings (SSSR count). The van der Waals surface area contributed by atoms with E-state index in [0.717, 1.165) is 25.7 Å². The van der Waals surface area contributed by atoms with E-state index in [1.54, 1.807) is 0 Å². The van der Waals surface area contributed by atoms with Gasteiger partial charge < -0.3 is 11.1 Å². The minimum Gasteiger partial charge on any atom is -0.353 e. The van der Waals surface area contributed by atoms with Crippen LogP contribution in [0.5, 0.6) is 0 Å². The van der Waals surface area contributed by atoms with Gasteiger partial charge in [-0.1, -0.05) is 43.5 Å². The molecule has 1 saturated carbocycles. The second-order valence-electron chi connectivity index (χ2n) is 6.54. The van der Waals surface area contributed by atoms with Gasteiger partial charge in [0.2, 0.25) is 5.91 Å². The number of hydrogen-bond donors (Lipinski definition) is 2. The Morgan fingerprint density at radius 3 is 2.35 bits per heavy atom. The summed E-state index contributed by atoms with van der Waals surface area (Å²) >= 11 is 0. The molecule has 0 aliphatic heterocycles. The summed E-state index contributed by atoms with van der Waals surface area (Å²) in [6.45, 7) is 0. The van der Waals surface area contributed by atoms with E-state index in [2.05, 4.69) is 29.6 Å². The van der Waals surface area contributed by atoms with Crippen LogP contribution < -0.4 is 11.1 Å². The predicted molar refractivity (Wildman–Crippen MR) is 80.4 cm³/mol. The molecule has 1 aromatic rings. The van der Waals surface area contributed by atoms with Crippen molar-refractivity contribution in [2.45, 2.75) is 62.9 Å². The maximum absolute atomic E-state index is 12.2. The molecule has 1 fully saturated rings. The SMILES string of the molecule is NC1(CC(=O)NC2Cc3ccccc3C2)CCCCC1. The highest BCUT2D eigenvalue weighted by molar-refractivity contribution is 5.77. The highest BCUT2D eigenvalue weighted by atomic mass is 16.1. The van der Waals surface area contributed by atoms with Gasteiger partial charge >= 0.3 is 0 Å². The van der Waals surface area contributed by atoms with Crippen LogP contribution in [0.15, 0.2) is 24.3 Å². The number of benzene rings is 1. The second kappa shape index (κ2) is 5.57. The molecule has 0 spiro atoms. The van der Waals surface area contributed by atoms with Gasteiger partial charge in [-0.2, -0.15) is 0 Å². The Labute approximate surface area is 120 Å². The number of hydrogen-bond acceptors (Lipinski definition) is 2. The van der Waals surface area contributed by atoms with E-state index in [0.29, 0.717) is 6.42 Å². The lowest BCUT2D eigenvalue weighted by molar-refractivity contribution is -0.123. The van der Waals surface area contributed by atoms with Gasteiger partial charge in [0.1, 0.15) is 0 Å². The lowest BCUT2D eigenvalue weighted by Crippen LogP contribution is -2.47. The molecule has 0 atom stereocenters. The highest BCUT2D eigenvalue weighted by Crippen LogP contribution is 2.29. The zero-order valence-electron chi connectivity index (χ0n) is 12.0. The molecule has 108 valence electrons. The van der Waals surface area contributed by atoms with Crippen molar-refractivity contribution >= 4 is 5.91 Å². The molecule has 3 nitrogen and oxygen atoms in total. The Bertz CT molecular complexity index is 467. The average molecular weight is 272 g/mol. The normalized spacial score (nSPS) is 21.4. The Balaban J connectivity index is 1.53. The summed E-state index contributed by atoms with van der Waals surface area (Å²) < 4.78 is 0. The van der Waals surface area contributed by atoms with E-state index in [9.17, 15) is 4.79 Å². The van der Waals surface area contributed by atoms with Crippen LogP contribution in [0.25, 0.3) is 0 Å². The summed E-state index contributed by atoms with van der Waals surface area (Å²) in [5.41, 5.74) is 8.85. The van der Waals surface area contributed by atoms with Crippen LogP contribution in [0, 0.1) is 0 Å². The van der Waals surface area contributed by atoms with Gasteiger partial charge in [0.15, 0.2) is 0 Å². The zero-order valence-corrected chi connectivity index (χ0v) is 12.0. The molecule has 0 aromatic heterocycles. The van der Waals surface area contributed by atoms with Crippen molar-refractivity contribution in [3.8, 4) is 0 Å². The van der Waals surface area contributed by atoms with Gasteiger partial charge in [0.05, 0.1) is 0 Å². The van der Waals surface area contributed by atoms with Crippen LogP contribution in [0.4, 0.5) is 0 Å². The second-order valence-corrected chi connectivity index (χ2v) is 6.54. The van der Waals surface area contributed by atoms with E-state index < -0.39 is 0 Å². The molecule has 0 saturated heterocycles. The maximum Gasteiger partial charge on any atom is 0.222 e. The Morgan fingerprint density at radius 1 is 1.15 bits per heavy atom. The molecule has 20 heavy (non-hydrogen) atoms. The van der Waals surface area contributed by atoms with Crippen LogP contribution in [0.3, 0.4) is 0 Å². The number of carbonyl (C=O) groups is 1. The topological polar surface area (TPSA) is 55.1 Å². The molecule has 2 aliphatic carbocycles. The molecule has 3 heteroatoms. The molecule has 1 amide bonds. The lowest BCUT2D eigenvalue weighted by Gasteiger charge is -2.33. The minimum atomic E-state index is -0.256. The maximum atomic E-state index is 12.2. The summed E-state index contributed by atoms with van der Waals surface area (Å²) in [4.78, 5) is 12.2. The van der Waals surface area contributed by atoms with Gasteiger partial charge in [-0.3, -0.25) is 4.79 Å². The number of nitrogens with two attached hydrogens (primary N) is 1. The quantitative estimate of drug-likeness (QED) is 0.887. The summed E-state index contributed by atoms with van der Waals surface area (Å²) in [5.74, 6) is 0.132. The fourth-order valence-corrected chi connectivity index (χ4v) is 3.69. The first-order chi connectivity index (χ1) is 9.65. The molecular weight excluding hydrogens is 248 g/mol. The van der Waals surface area contributed by atoms with E-state index in [1.807, 2.05) is 0 Å². The first-order valence-corrected chi connectivity index (χ1v) is 7.80. The van der Waals surface area contributed by atoms with E-state index in [-0.39, 0.29) is 17.5 Å². The molecule has 0 bridgehead atoms. The third-order valence-electron chi connectivity index (χ3n) is 4.78. The highest BCUT2D eigenvalue weighted by Gasteiger charge is 2.31. The number of fused-ring (bicyclic) bond motifs is 1. The Hall–Kier alpha value is -1.35. The van der Waals surface area contributed by atoms with Crippen LogP contribution in [0.2, 0.25) is 0 Å². The van der Waals surface area contributed by atoms with Crippen molar-refractivity contribution in [2.24, 2.45) is 5.73 Å². The largest absolute Gasteiger partial charge is 0.353 e. The fraction of sp³-hybridized carbons (Fsp3) is 0.588. The van der Waals surface area contributed by atoms with Crippen LogP contribution >= 0.6 is 0 Å². The van der Waals surface area contributed by atoms with Gasteiger partial charge in [-0.15, -0.1) is 0 Å². The molecule has 0 unspecified atom stereocenters.